The number of oxazole rings is 1. The van der Waals surface area contributed by atoms with Crippen LogP contribution in [0.25, 0.3) is 17.0 Å². The molecule has 0 aliphatic carbocycles. The van der Waals surface area contributed by atoms with Crippen LogP contribution in [0.15, 0.2) is 45.4 Å². The fourth-order valence-corrected chi connectivity index (χ4v) is 2.93. The normalized spacial score (nSPS) is 15.8. The van der Waals surface area contributed by atoms with Crippen LogP contribution in [0.2, 0.25) is 0 Å². The summed E-state index contributed by atoms with van der Waals surface area (Å²) in [6, 6.07) is 6.10. The Morgan fingerprint density at radius 2 is 1.59 bits per heavy atom. The molecule has 0 spiro atoms. The number of hydrogen-bond donors (Lipinski definition) is 1. The number of carbonyl (C=O) groups excluding carboxylic acids is 2. The summed E-state index contributed by atoms with van der Waals surface area (Å²) < 4.78 is 10.4. The lowest BCUT2D eigenvalue weighted by molar-refractivity contribution is -0.149. The monoisotopic (exact) mass is 367 g/mol. The number of esters is 2. The molecular formula is C20H17NO6. The van der Waals surface area contributed by atoms with Gasteiger partial charge in [-0.3, -0.25) is 0 Å². The number of aromatic nitrogens is 1. The number of cyclic esters (lactones) is 2. The fraction of sp³-hybridized carbons (Fsp3) is 0.200. The molecule has 3 rings (SSSR count). The van der Waals surface area contributed by atoms with Crippen molar-refractivity contribution in [1.82, 2.24) is 4.98 Å². The van der Waals surface area contributed by atoms with Crippen LogP contribution < -0.4 is 0 Å². The van der Waals surface area contributed by atoms with Crippen molar-refractivity contribution in [3.8, 4) is 11.5 Å². The third-order valence-electron chi connectivity index (χ3n) is 4.25. The van der Waals surface area contributed by atoms with Gasteiger partial charge in [-0.2, -0.15) is 0 Å². The highest BCUT2D eigenvalue weighted by Crippen LogP contribution is 2.34. The molecule has 0 unspecified atom stereocenters. The van der Waals surface area contributed by atoms with Crippen LogP contribution >= 0.6 is 0 Å². The summed E-state index contributed by atoms with van der Waals surface area (Å²) in [5.41, 5.74) is 2.77. The van der Waals surface area contributed by atoms with Gasteiger partial charge < -0.3 is 14.3 Å². The van der Waals surface area contributed by atoms with E-state index in [2.05, 4.69) is 4.98 Å². The van der Waals surface area contributed by atoms with Crippen molar-refractivity contribution in [2.24, 2.45) is 0 Å². The molecule has 1 aromatic carbocycles. The van der Waals surface area contributed by atoms with Crippen molar-refractivity contribution in [1.29, 1.82) is 0 Å². The van der Waals surface area contributed by atoms with E-state index in [1.165, 1.54) is 12.1 Å². The predicted octanol–water partition coefficient (Wildman–Crippen LogP) is 3.54. The van der Waals surface area contributed by atoms with Gasteiger partial charge in [0.2, 0.25) is 5.89 Å². The maximum Gasteiger partial charge on any atom is 0.347 e. The molecule has 2 aromatic rings. The molecule has 27 heavy (non-hydrogen) atoms. The predicted molar refractivity (Wildman–Crippen MR) is 95.7 cm³/mol. The zero-order valence-electron chi connectivity index (χ0n) is 15.2. The number of ether oxygens (including phenoxy) is 1. The summed E-state index contributed by atoms with van der Waals surface area (Å²) in [7, 11) is 0. The summed E-state index contributed by atoms with van der Waals surface area (Å²) in [6.45, 7) is 6.84. The number of carboxylic acids is 1. The molecular weight excluding hydrogens is 350 g/mol. The van der Waals surface area contributed by atoms with Gasteiger partial charge in [0.25, 0.3) is 0 Å². The average molecular weight is 367 g/mol. The van der Waals surface area contributed by atoms with Crippen LogP contribution in [0, 0.1) is 6.92 Å². The van der Waals surface area contributed by atoms with E-state index in [-0.39, 0.29) is 22.6 Å². The first-order valence-corrected chi connectivity index (χ1v) is 8.17. The third-order valence-corrected chi connectivity index (χ3v) is 4.25. The number of carbonyl (C=O) groups is 3. The van der Waals surface area contributed by atoms with Crippen molar-refractivity contribution in [2.45, 2.75) is 27.7 Å². The minimum atomic E-state index is -1.02. The van der Waals surface area contributed by atoms with E-state index in [0.29, 0.717) is 28.2 Å². The smallest absolute Gasteiger partial charge is 0.347 e. The van der Waals surface area contributed by atoms with Gasteiger partial charge in [0.1, 0.15) is 11.5 Å². The van der Waals surface area contributed by atoms with Crippen LogP contribution in [-0.4, -0.2) is 28.0 Å². The standard InChI is InChI=1S/C20H17NO6/c1-9(2)14-15(20(25)27-19(14)24)10(3)16-11(4)26-17(21-16)12-5-7-13(8-6-12)18(22)23/h5-8H,1-4H3,(H,22,23)/b15-10-. The van der Waals surface area contributed by atoms with Gasteiger partial charge in [-0.15, -0.1) is 0 Å². The largest absolute Gasteiger partial charge is 0.478 e. The van der Waals surface area contributed by atoms with Crippen LogP contribution in [0.1, 0.15) is 42.6 Å². The van der Waals surface area contributed by atoms with Crippen molar-refractivity contribution in [3.63, 3.8) is 0 Å². The van der Waals surface area contributed by atoms with Gasteiger partial charge in [-0.05, 0) is 57.5 Å². The zero-order chi connectivity index (χ0) is 19.9. The lowest BCUT2D eigenvalue weighted by Gasteiger charge is -2.03. The third kappa shape index (κ3) is 3.19. The van der Waals surface area contributed by atoms with E-state index in [4.69, 9.17) is 14.3 Å². The van der Waals surface area contributed by atoms with E-state index in [0.717, 1.165) is 0 Å². The first-order chi connectivity index (χ1) is 12.7. The van der Waals surface area contributed by atoms with E-state index in [1.807, 2.05) is 0 Å². The quantitative estimate of drug-likeness (QED) is 0.502. The van der Waals surface area contributed by atoms with E-state index >= 15 is 0 Å². The second-order valence-electron chi connectivity index (χ2n) is 6.36. The van der Waals surface area contributed by atoms with E-state index in [9.17, 15) is 14.4 Å². The number of benzene rings is 1. The summed E-state index contributed by atoms with van der Waals surface area (Å²) in [6.07, 6.45) is 0. The molecule has 0 bridgehead atoms. The molecule has 1 aliphatic heterocycles. The first kappa shape index (κ1) is 18.3. The molecule has 0 atom stereocenters. The minimum Gasteiger partial charge on any atom is -0.478 e. The Bertz CT molecular complexity index is 1030. The lowest BCUT2D eigenvalue weighted by Crippen LogP contribution is -2.00. The second-order valence-corrected chi connectivity index (χ2v) is 6.36. The van der Waals surface area contributed by atoms with Gasteiger partial charge in [-0.1, -0.05) is 5.57 Å². The van der Waals surface area contributed by atoms with E-state index in [1.54, 1.807) is 39.8 Å². The van der Waals surface area contributed by atoms with Crippen LogP contribution in [0.4, 0.5) is 0 Å². The number of allylic oxidation sites excluding steroid dienone is 2. The van der Waals surface area contributed by atoms with Crippen LogP contribution in [0.3, 0.4) is 0 Å². The molecule has 0 radical (unpaired) electrons. The van der Waals surface area contributed by atoms with Gasteiger partial charge >= 0.3 is 17.9 Å². The Hall–Kier alpha value is -3.48. The molecule has 0 amide bonds. The molecule has 1 aromatic heterocycles. The lowest BCUT2D eigenvalue weighted by atomic mass is 9.97. The summed E-state index contributed by atoms with van der Waals surface area (Å²) in [5.74, 6) is -1.64. The highest BCUT2D eigenvalue weighted by Gasteiger charge is 2.37. The molecule has 2 heterocycles. The van der Waals surface area contributed by atoms with Gasteiger partial charge in [0.05, 0.1) is 16.7 Å². The van der Waals surface area contributed by atoms with E-state index < -0.39 is 17.9 Å². The van der Waals surface area contributed by atoms with Crippen molar-refractivity contribution in [3.05, 3.63) is 58.0 Å². The Labute approximate surface area is 155 Å². The maximum absolute atomic E-state index is 12.2. The molecule has 1 N–H and O–H groups in total. The Morgan fingerprint density at radius 1 is 1.00 bits per heavy atom. The summed E-state index contributed by atoms with van der Waals surface area (Å²) in [4.78, 5) is 39.5. The number of nitrogens with zero attached hydrogens (tertiary/aromatic N) is 1. The Kier molecular flexibility index (Phi) is 4.53. The molecule has 138 valence electrons. The molecule has 1 fully saturated rings. The van der Waals surface area contributed by atoms with Crippen LogP contribution in [0.5, 0.6) is 0 Å². The summed E-state index contributed by atoms with van der Waals surface area (Å²) in [5, 5.41) is 8.98. The summed E-state index contributed by atoms with van der Waals surface area (Å²) >= 11 is 0. The first-order valence-electron chi connectivity index (χ1n) is 8.17. The highest BCUT2D eigenvalue weighted by molar-refractivity contribution is 6.22. The Morgan fingerprint density at radius 3 is 2.15 bits per heavy atom. The number of carboxylic acid groups (broad SMARTS) is 1. The Balaban J connectivity index is 2.09. The van der Waals surface area contributed by atoms with Crippen molar-refractivity contribution in [2.75, 3.05) is 0 Å². The second kappa shape index (κ2) is 6.68. The number of aryl methyl sites for hydroxylation is 1. The minimum absolute atomic E-state index is 0.154. The molecule has 1 aliphatic rings. The van der Waals surface area contributed by atoms with Crippen LogP contribution in [-0.2, 0) is 14.3 Å². The SMILES string of the molecule is CC(C)=C1C(=O)OC(=O)/C1=C(/C)c1nc(-c2ccc(C(=O)O)cc2)oc1C. The fourth-order valence-electron chi connectivity index (χ4n) is 2.93. The number of aromatic carboxylic acids is 1. The van der Waals surface area contributed by atoms with Gasteiger partial charge in [-0.25, -0.2) is 19.4 Å². The molecule has 1 saturated heterocycles. The van der Waals surface area contributed by atoms with Crippen molar-refractivity contribution >= 4 is 23.5 Å². The van der Waals surface area contributed by atoms with Gasteiger partial charge in [0, 0.05) is 5.56 Å². The zero-order valence-corrected chi connectivity index (χ0v) is 15.2. The highest BCUT2D eigenvalue weighted by atomic mass is 16.6. The maximum atomic E-state index is 12.2. The number of hydrogen-bond acceptors (Lipinski definition) is 6. The van der Waals surface area contributed by atoms with Gasteiger partial charge in [0.15, 0.2) is 0 Å². The molecule has 0 saturated carbocycles. The average Bonchev–Trinajstić information content (AvgIpc) is 3.13. The molecule has 7 heteroatoms. The van der Waals surface area contributed by atoms with Crippen molar-refractivity contribution < 1.29 is 28.6 Å². The number of rotatable bonds is 3. The molecule has 7 nitrogen and oxygen atoms in total. The topological polar surface area (TPSA) is 107 Å².